The minimum absolute atomic E-state index is 0.0829. The van der Waals surface area contributed by atoms with Gasteiger partial charge in [0.15, 0.2) is 41.7 Å². The first-order chi connectivity index (χ1) is 24.1. The van der Waals surface area contributed by atoms with E-state index in [1.807, 2.05) is 0 Å². The Morgan fingerprint density at radius 1 is 0.706 bits per heavy atom. The number of nitrogens with two attached hydrogens (primary N) is 2. The van der Waals surface area contributed by atoms with Crippen molar-refractivity contribution in [2.75, 3.05) is 31.3 Å². The van der Waals surface area contributed by atoms with E-state index in [1.54, 1.807) is 0 Å². The second kappa shape index (κ2) is 15.1. The van der Waals surface area contributed by atoms with Gasteiger partial charge in [-0.15, -0.1) is 0 Å². The molecule has 51 heavy (non-hydrogen) atoms. The average Bonchev–Trinajstić information content (AvgIpc) is 3.84. The molecule has 2 fully saturated rings. The van der Waals surface area contributed by atoms with Crippen molar-refractivity contribution >= 4 is 71.0 Å². The molecule has 24 nitrogen and oxygen atoms in total. The van der Waals surface area contributed by atoms with Gasteiger partial charge in [0.1, 0.15) is 66.4 Å². The molecule has 0 saturated carbocycles. The Labute approximate surface area is 295 Å². The molecule has 0 aromatic carbocycles. The van der Waals surface area contributed by atoms with Crippen LogP contribution in [0.3, 0.4) is 0 Å². The third kappa shape index (κ3) is 8.03. The Morgan fingerprint density at radius 3 is 1.63 bits per heavy atom. The minimum Gasteiger partial charge on any atom is -0.387 e. The number of rotatable bonds is 14. The SMILES string of the molecule is Nc1ncnc2c1ncn2[C@@H]1O[C@H](COP(O)(=S)OCC(O)C(O)OP(O)(=S)OC[C@H]2O[C@@H](n3cnc4c(N)ncnc43)[C@H](O)[C@@H]2O)[C@@H](O)[C@H]1O. The van der Waals surface area contributed by atoms with Crippen molar-refractivity contribution in [3.63, 3.8) is 0 Å². The lowest BCUT2D eigenvalue weighted by Crippen LogP contribution is -2.35. The summed E-state index contributed by atoms with van der Waals surface area (Å²) < 4.78 is 34.4. The van der Waals surface area contributed by atoms with E-state index >= 15 is 0 Å². The lowest BCUT2D eigenvalue weighted by atomic mass is 10.1. The van der Waals surface area contributed by atoms with Gasteiger partial charge in [0.05, 0.1) is 32.5 Å². The highest BCUT2D eigenvalue weighted by Gasteiger charge is 2.46. The molecule has 0 radical (unpaired) electrons. The number of aliphatic hydroxyl groups excluding tert-OH is 6. The van der Waals surface area contributed by atoms with Crippen LogP contribution in [-0.4, -0.2) is 148 Å². The third-order valence-electron chi connectivity index (χ3n) is 7.78. The summed E-state index contributed by atoms with van der Waals surface area (Å²) in [6.45, 7) is -10.6. The highest BCUT2D eigenvalue weighted by Crippen LogP contribution is 2.48. The summed E-state index contributed by atoms with van der Waals surface area (Å²) in [5.41, 5.74) is 12.5. The van der Waals surface area contributed by atoms with Crippen LogP contribution in [0.5, 0.6) is 0 Å². The first-order valence-electron chi connectivity index (χ1n) is 14.6. The fraction of sp³-hybridized carbons (Fsp3) is 0.565. The zero-order chi connectivity index (χ0) is 36.8. The number of nitrogens with zero attached hydrogens (tertiary/aromatic N) is 8. The van der Waals surface area contributed by atoms with Crippen LogP contribution in [0.2, 0.25) is 0 Å². The molecule has 0 bridgehead atoms. The third-order valence-corrected chi connectivity index (χ3v) is 10.9. The van der Waals surface area contributed by atoms with E-state index in [2.05, 4.69) is 29.9 Å². The molecule has 4 aromatic rings. The van der Waals surface area contributed by atoms with E-state index < -0.39 is 94.7 Å². The van der Waals surface area contributed by atoms with Gasteiger partial charge in [-0.2, -0.15) is 0 Å². The van der Waals surface area contributed by atoms with Crippen molar-refractivity contribution in [3.8, 4) is 0 Å². The standard InChI is InChI=1S/C23H32N10O14P2S2/c24-17-11-19(28-4-26-17)32(6-30-11)21-15(37)13(35)9(45-21)2-43-48(40,50)42-1-8(34)23(39)47-49(41,51)44-3-10-14(36)16(38)22(46-10)33-7-31-12-18(25)27-5-29-20(12)33/h4-10,13-16,21-23,34-39H,1-3H2,(H,40,50)(H,41,51)(H2,24,26,28)(H2,25,27,29)/t8?,9-,10-,13-,14-,15-,16-,21-,22-,23?,48?,49?/m1/s1. The molecule has 2 saturated heterocycles. The molecule has 2 aliphatic heterocycles. The Kier molecular flexibility index (Phi) is 11.3. The molecule has 4 unspecified atom stereocenters. The zero-order valence-electron chi connectivity index (χ0n) is 25.7. The van der Waals surface area contributed by atoms with Gasteiger partial charge in [0, 0.05) is 0 Å². The van der Waals surface area contributed by atoms with Crippen LogP contribution in [0.25, 0.3) is 22.3 Å². The number of aliphatic hydroxyl groups is 6. The molecular weight excluding hydrogens is 766 g/mol. The van der Waals surface area contributed by atoms with Gasteiger partial charge in [0.2, 0.25) is 0 Å². The fourth-order valence-electron chi connectivity index (χ4n) is 5.17. The number of nitrogen functional groups attached to an aromatic ring is 2. The molecule has 12 N–H and O–H groups in total. The Hall–Kier alpha value is -2.56. The van der Waals surface area contributed by atoms with Crippen molar-refractivity contribution in [2.45, 2.75) is 61.5 Å². The van der Waals surface area contributed by atoms with Gasteiger partial charge < -0.3 is 74.9 Å². The Morgan fingerprint density at radius 2 is 1.16 bits per heavy atom. The number of imidazole rings is 2. The van der Waals surface area contributed by atoms with E-state index in [0.29, 0.717) is 0 Å². The van der Waals surface area contributed by atoms with Crippen molar-refractivity contribution in [2.24, 2.45) is 0 Å². The number of hydrogen-bond acceptors (Lipinski definition) is 22. The minimum atomic E-state index is -4.34. The van der Waals surface area contributed by atoms with Crippen LogP contribution in [0.4, 0.5) is 11.6 Å². The molecule has 0 amide bonds. The van der Waals surface area contributed by atoms with Gasteiger partial charge in [-0.25, -0.2) is 29.9 Å². The van der Waals surface area contributed by atoms with Crippen molar-refractivity contribution < 1.29 is 68.0 Å². The molecule has 28 heteroatoms. The quantitative estimate of drug-likeness (QED) is 0.0432. The van der Waals surface area contributed by atoms with Crippen LogP contribution < -0.4 is 11.5 Å². The molecule has 0 spiro atoms. The van der Waals surface area contributed by atoms with Crippen molar-refractivity contribution in [1.29, 1.82) is 0 Å². The maximum atomic E-state index is 10.6. The van der Waals surface area contributed by atoms with E-state index in [0.717, 1.165) is 0 Å². The van der Waals surface area contributed by atoms with Crippen LogP contribution in [0.15, 0.2) is 25.3 Å². The Balaban J connectivity index is 0.963. The summed E-state index contributed by atoms with van der Waals surface area (Å²) in [6, 6.07) is 0. The Bertz CT molecular complexity index is 1960. The van der Waals surface area contributed by atoms with E-state index in [9.17, 15) is 40.4 Å². The summed E-state index contributed by atoms with van der Waals surface area (Å²) in [6.07, 6.45) is -10.2. The maximum Gasteiger partial charge on any atom is 0.327 e. The second-order valence-corrected chi connectivity index (χ2v) is 16.8. The molecule has 280 valence electrons. The van der Waals surface area contributed by atoms with Crippen molar-refractivity contribution in [3.05, 3.63) is 25.3 Å². The highest BCUT2D eigenvalue weighted by molar-refractivity contribution is 8.07. The number of hydrogen-bond donors (Lipinski definition) is 10. The molecule has 2 aliphatic rings. The predicted molar refractivity (Wildman–Crippen MR) is 175 cm³/mol. The first-order valence-corrected chi connectivity index (χ1v) is 19.8. The molecule has 0 aliphatic carbocycles. The maximum absolute atomic E-state index is 10.6. The van der Waals surface area contributed by atoms with Gasteiger partial charge in [0.25, 0.3) is 0 Å². The molecule has 6 rings (SSSR count). The van der Waals surface area contributed by atoms with Crippen LogP contribution in [0, 0.1) is 0 Å². The molecule has 12 atom stereocenters. The molecule has 4 aromatic heterocycles. The smallest absolute Gasteiger partial charge is 0.327 e. The number of fused-ring (bicyclic) bond motifs is 2. The average molecular weight is 799 g/mol. The summed E-state index contributed by atoms with van der Waals surface area (Å²) >= 11 is 9.80. The summed E-state index contributed by atoms with van der Waals surface area (Å²) in [5, 5.41) is 62.8. The van der Waals surface area contributed by atoms with Crippen LogP contribution in [0.1, 0.15) is 12.5 Å². The van der Waals surface area contributed by atoms with Gasteiger partial charge in [-0.3, -0.25) is 13.7 Å². The highest BCUT2D eigenvalue weighted by atomic mass is 32.5. The van der Waals surface area contributed by atoms with Crippen LogP contribution >= 0.6 is 13.4 Å². The van der Waals surface area contributed by atoms with Gasteiger partial charge >= 0.3 is 13.4 Å². The summed E-state index contributed by atoms with van der Waals surface area (Å²) in [7, 11) is 0. The first kappa shape index (κ1) is 38.2. The van der Waals surface area contributed by atoms with Crippen molar-refractivity contribution in [1.82, 2.24) is 39.0 Å². The second-order valence-electron chi connectivity index (χ2n) is 11.1. The zero-order valence-corrected chi connectivity index (χ0v) is 29.1. The van der Waals surface area contributed by atoms with E-state index in [1.165, 1.54) is 34.4 Å². The van der Waals surface area contributed by atoms with Gasteiger partial charge in [-0.05, 0) is 23.6 Å². The molecular formula is C23H32N10O14P2S2. The fourth-order valence-corrected chi connectivity index (χ4v) is 7.54. The van der Waals surface area contributed by atoms with Gasteiger partial charge in [-0.1, -0.05) is 0 Å². The largest absolute Gasteiger partial charge is 0.387 e. The molecule has 6 heterocycles. The monoisotopic (exact) mass is 798 g/mol. The summed E-state index contributed by atoms with van der Waals surface area (Å²) in [4.78, 5) is 44.9. The summed E-state index contributed by atoms with van der Waals surface area (Å²) in [5.74, 6) is 0.172. The van der Waals surface area contributed by atoms with E-state index in [4.69, 9.17) is 62.6 Å². The number of anilines is 2. The number of ether oxygens (including phenoxy) is 2. The lowest BCUT2D eigenvalue weighted by molar-refractivity contribution is -0.125. The topological polar surface area (TPSA) is 356 Å². The lowest BCUT2D eigenvalue weighted by Gasteiger charge is -2.25. The van der Waals surface area contributed by atoms with Crippen LogP contribution in [-0.2, 0) is 51.2 Å². The number of aromatic nitrogens is 8. The van der Waals surface area contributed by atoms with E-state index in [-0.39, 0.29) is 34.0 Å². The predicted octanol–water partition coefficient (Wildman–Crippen LogP) is -3.75. The normalized spacial score (nSPS) is 30.4.